The molecule has 0 spiro atoms. The summed E-state index contributed by atoms with van der Waals surface area (Å²) in [5, 5.41) is 3.25. The van der Waals surface area contributed by atoms with Gasteiger partial charge in [-0.1, -0.05) is 115 Å². The minimum absolute atomic E-state index is 0.723. The normalized spacial score (nSPS) is 14.9. The summed E-state index contributed by atoms with van der Waals surface area (Å²) in [5.74, 6) is 0.723. The van der Waals surface area contributed by atoms with E-state index in [0.717, 1.165) is 71.8 Å². The molecule has 1 aromatic heterocycles. The fourth-order valence-electron chi connectivity index (χ4n) is 7.39. The average Bonchev–Trinajstić information content (AvgIpc) is 3.27. The van der Waals surface area contributed by atoms with Crippen LogP contribution in [-0.4, -0.2) is 29.3 Å². The van der Waals surface area contributed by atoms with Crippen LogP contribution >= 0.6 is 0 Å². The summed E-state index contributed by atoms with van der Waals surface area (Å²) >= 11 is 0. The summed E-state index contributed by atoms with van der Waals surface area (Å²) in [6.07, 6.45) is 20.1. The van der Waals surface area contributed by atoms with Crippen LogP contribution in [0.3, 0.4) is 0 Å². The first kappa shape index (κ1) is 33.2. The highest BCUT2D eigenvalue weighted by Gasteiger charge is 2.15. The Balaban J connectivity index is 1.13. The molecule has 0 fully saturated rings. The second-order valence-electron chi connectivity index (χ2n) is 13.9. The zero-order valence-electron chi connectivity index (χ0n) is 30.1. The monoisotopic (exact) mass is 696 g/mol. The third-order valence-corrected chi connectivity index (χ3v) is 10.3. The third-order valence-electron chi connectivity index (χ3n) is 10.3. The van der Waals surface area contributed by atoms with Gasteiger partial charge in [0.1, 0.15) is 0 Å². The van der Waals surface area contributed by atoms with E-state index in [-0.39, 0.29) is 0 Å². The molecular formula is C50H40N4. The molecule has 5 aromatic carbocycles. The minimum atomic E-state index is 0.723. The molecule has 1 aliphatic carbocycles. The molecule has 0 saturated heterocycles. The number of hydrogen-bond donors (Lipinski definition) is 1. The Kier molecular flexibility index (Phi) is 9.31. The fourth-order valence-corrected chi connectivity index (χ4v) is 7.39. The van der Waals surface area contributed by atoms with E-state index in [1.54, 1.807) is 0 Å². The van der Waals surface area contributed by atoms with Crippen LogP contribution in [0.15, 0.2) is 175 Å². The predicted molar refractivity (Wildman–Crippen MR) is 227 cm³/mol. The van der Waals surface area contributed by atoms with Crippen molar-refractivity contribution in [2.24, 2.45) is 4.99 Å². The van der Waals surface area contributed by atoms with Crippen molar-refractivity contribution in [3.63, 3.8) is 0 Å². The Morgan fingerprint density at radius 1 is 0.481 bits per heavy atom. The van der Waals surface area contributed by atoms with Gasteiger partial charge < -0.3 is 5.32 Å². The molecule has 260 valence electrons. The molecule has 4 nitrogen and oxygen atoms in total. The minimum Gasteiger partial charge on any atom is -0.387 e. The van der Waals surface area contributed by atoms with Gasteiger partial charge in [-0.25, -0.2) is 9.97 Å². The number of aliphatic imine (C=N–C) groups is 1. The zero-order valence-corrected chi connectivity index (χ0v) is 30.1. The van der Waals surface area contributed by atoms with Crippen LogP contribution in [0.5, 0.6) is 0 Å². The molecule has 1 N–H and O–H groups in total. The van der Waals surface area contributed by atoms with E-state index < -0.39 is 0 Å². The molecule has 0 saturated carbocycles. The number of aromatic nitrogens is 2. The van der Waals surface area contributed by atoms with Crippen LogP contribution in [0.2, 0.25) is 0 Å². The quantitative estimate of drug-likeness (QED) is 0.172. The van der Waals surface area contributed by atoms with Crippen molar-refractivity contribution < 1.29 is 0 Å². The molecule has 0 amide bonds. The highest BCUT2D eigenvalue weighted by atomic mass is 14.9. The van der Waals surface area contributed by atoms with Gasteiger partial charge >= 0.3 is 0 Å². The van der Waals surface area contributed by atoms with E-state index in [9.17, 15) is 0 Å². The highest BCUT2D eigenvalue weighted by molar-refractivity contribution is 5.88. The van der Waals surface area contributed by atoms with Gasteiger partial charge in [0.25, 0.3) is 0 Å². The van der Waals surface area contributed by atoms with E-state index >= 15 is 0 Å². The number of allylic oxidation sites excluding steroid dienone is 7. The number of nitrogens with zero attached hydrogens (tertiary/aromatic N) is 3. The molecule has 6 aromatic rings. The van der Waals surface area contributed by atoms with Crippen molar-refractivity contribution >= 4 is 22.9 Å². The van der Waals surface area contributed by atoms with Gasteiger partial charge in [0.15, 0.2) is 5.82 Å². The van der Waals surface area contributed by atoms with Crippen molar-refractivity contribution in [2.45, 2.75) is 19.3 Å². The van der Waals surface area contributed by atoms with Gasteiger partial charge in [-0.2, -0.15) is 0 Å². The summed E-state index contributed by atoms with van der Waals surface area (Å²) in [6.45, 7) is 1.56. The third kappa shape index (κ3) is 7.19. The molecule has 0 unspecified atom stereocenters. The Labute approximate surface area is 317 Å². The lowest BCUT2D eigenvalue weighted by atomic mass is 9.90. The van der Waals surface area contributed by atoms with Gasteiger partial charge in [-0.05, 0) is 141 Å². The van der Waals surface area contributed by atoms with Crippen molar-refractivity contribution in [3.8, 4) is 55.9 Å². The molecule has 2 aliphatic heterocycles. The summed E-state index contributed by atoms with van der Waals surface area (Å²) in [5.41, 5.74) is 17.2. The van der Waals surface area contributed by atoms with E-state index in [4.69, 9.17) is 9.97 Å². The maximum Gasteiger partial charge on any atom is 0.160 e. The standard InChI is InChI=1S/C50H40N4/c1-3-9-35(10-4-1)41-13-7-15-43(29-41)46-31-45(32-47(33-46)44-16-8-14-42(30-44)36-11-5-2-6-12-36)37-17-19-40(20-18-37)50-53-48(38-21-25-51-26-22-38)34-49(54-50)39-23-27-52-28-24-39/h1,3-5,7-23,25,27,29-34,51H,2,6,24,26,28H2. The van der Waals surface area contributed by atoms with Crippen molar-refractivity contribution in [1.29, 1.82) is 0 Å². The largest absolute Gasteiger partial charge is 0.387 e. The lowest BCUT2D eigenvalue weighted by Gasteiger charge is -2.15. The first-order valence-corrected chi connectivity index (χ1v) is 18.8. The summed E-state index contributed by atoms with van der Waals surface area (Å²) in [4.78, 5) is 14.6. The van der Waals surface area contributed by atoms with Crippen LogP contribution in [-0.2, 0) is 0 Å². The first-order valence-electron chi connectivity index (χ1n) is 18.8. The van der Waals surface area contributed by atoms with E-state index in [0.29, 0.717) is 0 Å². The van der Waals surface area contributed by atoms with Crippen molar-refractivity contribution in [3.05, 3.63) is 187 Å². The molecule has 4 heteroatoms. The lowest BCUT2D eigenvalue weighted by Crippen LogP contribution is -2.09. The number of rotatable bonds is 8. The highest BCUT2D eigenvalue weighted by Crippen LogP contribution is 2.36. The van der Waals surface area contributed by atoms with Crippen LogP contribution < -0.4 is 5.32 Å². The Morgan fingerprint density at radius 3 is 1.80 bits per heavy atom. The van der Waals surface area contributed by atoms with Crippen molar-refractivity contribution in [1.82, 2.24) is 15.3 Å². The van der Waals surface area contributed by atoms with Crippen LogP contribution in [0.4, 0.5) is 0 Å². The van der Waals surface area contributed by atoms with E-state index in [1.807, 2.05) is 12.4 Å². The smallest absolute Gasteiger partial charge is 0.160 e. The van der Waals surface area contributed by atoms with Crippen molar-refractivity contribution in [2.75, 3.05) is 13.1 Å². The topological polar surface area (TPSA) is 50.2 Å². The predicted octanol–water partition coefficient (Wildman–Crippen LogP) is 11.9. The summed E-state index contributed by atoms with van der Waals surface area (Å²) < 4.78 is 0. The second kappa shape index (κ2) is 15.1. The number of nitrogens with one attached hydrogen (secondary N) is 1. The van der Waals surface area contributed by atoms with E-state index in [1.165, 1.54) is 50.1 Å². The molecule has 0 bridgehead atoms. The van der Waals surface area contributed by atoms with Crippen LogP contribution in [0, 0.1) is 0 Å². The maximum absolute atomic E-state index is 5.09. The second-order valence-corrected chi connectivity index (χ2v) is 13.9. The van der Waals surface area contributed by atoms with E-state index in [2.05, 4.69) is 174 Å². The molecule has 54 heavy (non-hydrogen) atoms. The molecule has 9 rings (SSSR count). The molecule has 3 heterocycles. The Bertz CT molecular complexity index is 2530. The summed E-state index contributed by atoms with van der Waals surface area (Å²) in [7, 11) is 0. The van der Waals surface area contributed by atoms with Gasteiger partial charge in [-0.3, -0.25) is 4.99 Å². The Morgan fingerprint density at radius 2 is 1.11 bits per heavy atom. The Hall–Kier alpha value is -6.65. The molecular weight excluding hydrogens is 657 g/mol. The summed E-state index contributed by atoms with van der Waals surface area (Å²) in [6, 6.07) is 46.3. The maximum atomic E-state index is 5.09. The van der Waals surface area contributed by atoms with Gasteiger partial charge in [-0.15, -0.1) is 0 Å². The fraction of sp³-hybridized carbons (Fsp3) is 0.100. The molecule has 0 radical (unpaired) electrons. The van der Waals surface area contributed by atoms with Gasteiger partial charge in [0.2, 0.25) is 0 Å². The first-order chi connectivity index (χ1) is 26.7. The average molecular weight is 697 g/mol. The SMILES string of the molecule is C1=CC(c2cccc(-c3cc(-c4ccc(-c5nc(C6=CCNC=C6)cc(C6=CC=NCC6)n5)cc4)cc(-c4cccc(-c5ccccc5)c4)c3)c2)=CCC1. The van der Waals surface area contributed by atoms with Crippen LogP contribution in [0.25, 0.3) is 72.6 Å². The van der Waals surface area contributed by atoms with Gasteiger partial charge in [0.05, 0.1) is 11.4 Å². The molecule has 0 atom stereocenters. The number of benzene rings is 5. The zero-order chi connectivity index (χ0) is 36.1. The van der Waals surface area contributed by atoms with Crippen LogP contribution in [0.1, 0.15) is 36.2 Å². The number of dihydropyridines is 2. The molecule has 3 aliphatic rings. The lowest BCUT2D eigenvalue weighted by molar-refractivity contribution is 0.971. The van der Waals surface area contributed by atoms with Gasteiger partial charge in [0, 0.05) is 24.9 Å². The number of hydrogen-bond acceptors (Lipinski definition) is 4.